The first-order chi connectivity index (χ1) is 10.8. The SMILES string of the molecule is CC=C[C@H]1CC[C@H]([C@H]2CC[C@H](c3ccc(Cl)cc3)CC2)CC1. The van der Waals surface area contributed by atoms with Gasteiger partial charge in [0.15, 0.2) is 0 Å². The molecule has 0 nitrogen and oxygen atoms in total. The van der Waals surface area contributed by atoms with Gasteiger partial charge in [0.25, 0.3) is 0 Å². The van der Waals surface area contributed by atoms with Crippen molar-refractivity contribution in [1.29, 1.82) is 0 Å². The van der Waals surface area contributed by atoms with E-state index in [1.807, 2.05) is 12.1 Å². The van der Waals surface area contributed by atoms with Crippen molar-refractivity contribution in [3.05, 3.63) is 47.0 Å². The van der Waals surface area contributed by atoms with Gasteiger partial charge in [-0.2, -0.15) is 0 Å². The van der Waals surface area contributed by atoms with Gasteiger partial charge in [-0.1, -0.05) is 35.9 Å². The van der Waals surface area contributed by atoms with Gasteiger partial charge in [0.05, 0.1) is 0 Å². The average Bonchev–Trinajstić information content (AvgIpc) is 2.57. The van der Waals surface area contributed by atoms with Gasteiger partial charge in [-0.25, -0.2) is 0 Å². The van der Waals surface area contributed by atoms with E-state index in [0.29, 0.717) is 0 Å². The fraction of sp³-hybridized carbons (Fsp3) is 0.619. The lowest BCUT2D eigenvalue weighted by molar-refractivity contribution is 0.171. The fourth-order valence-corrected chi connectivity index (χ4v) is 4.87. The Labute approximate surface area is 141 Å². The summed E-state index contributed by atoms with van der Waals surface area (Å²) >= 11 is 6.00. The maximum atomic E-state index is 6.00. The first-order valence-electron chi connectivity index (χ1n) is 9.14. The van der Waals surface area contributed by atoms with Gasteiger partial charge < -0.3 is 0 Å². The molecule has 1 heteroatoms. The van der Waals surface area contributed by atoms with E-state index in [-0.39, 0.29) is 0 Å². The summed E-state index contributed by atoms with van der Waals surface area (Å²) in [4.78, 5) is 0. The molecule has 0 aromatic heterocycles. The summed E-state index contributed by atoms with van der Waals surface area (Å²) in [6.45, 7) is 2.16. The molecule has 2 fully saturated rings. The Hall–Kier alpha value is -0.750. The van der Waals surface area contributed by atoms with Crippen molar-refractivity contribution in [2.75, 3.05) is 0 Å². The van der Waals surface area contributed by atoms with E-state index in [2.05, 4.69) is 31.2 Å². The van der Waals surface area contributed by atoms with E-state index in [0.717, 1.165) is 28.7 Å². The van der Waals surface area contributed by atoms with Gasteiger partial charge in [-0.3, -0.25) is 0 Å². The molecule has 0 unspecified atom stereocenters. The van der Waals surface area contributed by atoms with Crippen molar-refractivity contribution in [2.24, 2.45) is 17.8 Å². The van der Waals surface area contributed by atoms with Crippen molar-refractivity contribution < 1.29 is 0 Å². The zero-order valence-electron chi connectivity index (χ0n) is 13.8. The van der Waals surface area contributed by atoms with Crippen LogP contribution in [-0.2, 0) is 0 Å². The van der Waals surface area contributed by atoms with E-state index in [1.165, 1.54) is 56.9 Å². The monoisotopic (exact) mass is 316 g/mol. The van der Waals surface area contributed by atoms with Crippen LogP contribution in [0.15, 0.2) is 36.4 Å². The maximum Gasteiger partial charge on any atom is 0.0406 e. The summed E-state index contributed by atoms with van der Waals surface area (Å²) in [5.41, 5.74) is 1.50. The summed E-state index contributed by atoms with van der Waals surface area (Å²) in [6.07, 6.45) is 16.1. The molecule has 2 aliphatic rings. The van der Waals surface area contributed by atoms with Gasteiger partial charge >= 0.3 is 0 Å². The van der Waals surface area contributed by atoms with Crippen molar-refractivity contribution in [3.8, 4) is 0 Å². The van der Waals surface area contributed by atoms with Gasteiger partial charge in [0.1, 0.15) is 0 Å². The van der Waals surface area contributed by atoms with Crippen molar-refractivity contribution >= 4 is 11.6 Å². The molecular weight excluding hydrogens is 288 g/mol. The van der Waals surface area contributed by atoms with Crippen LogP contribution in [0.2, 0.25) is 5.02 Å². The Bertz CT molecular complexity index is 471. The standard InChI is InChI=1S/C21H29Cl/c1-2-3-16-4-6-17(7-5-16)18-8-10-19(11-9-18)20-12-14-21(22)15-13-20/h2-3,12-19H,4-11H2,1H3/t16-,17-,18-,19-. The van der Waals surface area contributed by atoms with Crippen LogP contribution >= 0.6 is 11.6 Å². The summed E-state index contributed by atoms with van der Waals surface area (Å²) in [6, 6.07) is 8.56. The van der Waals surface area contributed by atoms with Gasteiger partial charge in [0, 0.05) is 5.02 Å². The zero-order valence-corrected chi connectivity index (χ0v) is 14.6. The normalized spacial score (nSPS) is 33.2. The Morgan fingerprint density at radius 1 is 0.818 bits per heavy atom. The molecule has 2 saturated carbocycles. The number of hydrogen-bond acceptors (Lipinski definition) is 0. The lowest BCUT2D eigenvalue weighted by Gasteiger charge is -2.37. The quantitative estimate of drug-likeness (QED) is 0.527. The first-order valence-corrected chi connectivity index (χ1v) is 9.52. The van der Waals surface area contributed by atoms with E-state index in [1.54, 1.807) is 0 Å². The second-order valence-electron chi connectivity index (χ2n) is 7.36. The molecule has 0 radical (unpaired) electrons. The molecule has 0 bridgehead atoms. The summed E-state index contributed by atoms with van der Waals surface area (Å²) < 4.78 is 0. The molecule has 0 amide bonds. The predicted octanol–water partition coefficient (Wildman–Crippen LogP) is 7.00. The van der Waals surface area contributed by atoms with Gasteiger partial charge in [-0.05, 0) is 99.7 Å². The molecule has 0 saturated heterocycles. The van der Waals surface area contributed by atoms with Crippen LogP contribution in [0.4, 0.5) is 0 Å². The lowest BCUT2D eigenvalue weighted by atomic mass is 9.68. The van der Waals surface area contributed by atoms with E-state index in [9.17, 15) is 0 Å². The largest absolute Gasteiger partial charge is 0.0914 e. The van der Waals surface area contributed by atoms with Crippen LogP contribution in [0.5, 0.6) is 0 Å². The molecule has 120 valence electrons. The molecule has 3 rings (SSSR count). The minimum atomic E-state index is 0.771. The molecule has 0 spiro atoms. The number of hydrogen-bond donors (Lipinski definition) is 0. The van der Waals surface area contributed by atoms with Crippen LogP contribution in [0.1, 0.15) is 69.8 Å². The molecule has 0 N–H and O–H groups in total. The van der Waals surface area contributed by atoms with E-state index in [4.69, 9.17) is 11.6 Å². The number of benzene rings is 1. The highest BCUT2D eigenvalue weighted by Crippen LogP contribution is 2.44. The smallest absolute Gasteiger partial charge is 0.0406 e. The molecule has 22 heavy (non-hydrogen) atoms. The molecule has 2 aliphatic carbocycles. The molecule has 0 aliphatic heterocycles. The minimum absolute atomic E-state index is 0.771. The van der Waals surface area contributed by atoms with Gasteiger partial charge in [-0.15, -0.1) is 0 Å². The lowest BCUT2D eigenvalue weighted by Crippen LogP contribution is -2.25. The zero-order chi connectivity index (χ0) is 15.4. The van der Waals surface area contributed by atoms with Crippen molar-refractivity contribution in [2.45, 2.75) is 64.2 Å². The second-order valence-corrected chi connectivity index (χ2v) is 7.80. The topological polar surface area (TPSA) is 0 Å². The Balaban J connectivity index is 1.49. The Kier molecular flexibility index (Phi) is 5.63. The summed E-state index contributed by atoms with van der Waals surface area (Å²) in [7, 11) is 0. The molecule has 1 aromatic carbocycles. The van der Waals surface area contributed by atoms with E-state index >= 15 is 0 Å². The van der Waals surface area contributed by atoms with Crippen LogP contribution in [0.3, 0.4) is 0 Å². The third-order valence-electron chi connectivity index (χ3n) is 6.06. The summed E-state index contributed by atoms with van der Waals surface area (Å²) in [5, 5.41) is 0.857. The number of halogens is 1. The number of allylic oxidation sites excluding steroid dienone is 2. The molecular formula is C21H29Cl. The third kappa shape index (κ3) is 3.96. The first kappa shape index (κ1) is 16.1. The average molecular weight is 317 g/mol. The highest BCUT2D eigenvalue weighted by Gasteiger charge is 2.30. The molecule has 1 aromatic rings. The predicted molar refractivity (Wildman–Crippen MR) is 96.4 cm³/mol. The molecule has 0 atom stereocenters. The van der Waals surface area contributed by atoms with Gasteiger partial charge in [0.2, 0.25) is 0 Å². The minimum Gasteiger partial charge on any atom is -0.0914 e. The second kappa shape index (κ2) is 7.68. The Morgan fingerprint density at radius 3 is 1.91 bits per heavy atom. The third-order valence-corrected chi connectivity index (χ3v) is 6.31. The van der Waals surface area contributed by atoms with Crippen LogP contribution in [0.25, 0.3) is 0 Å². The number of rotatable bonds is 3. The van der Waals surface area contributed by atoms with Crippen molar-refractivity contribution in [3.63, 3.8) is 0 Å². The van der Waals surface area contributed by atoms with Crippen LogP contribution < -0.4 is 0 Å². The Morgan fingerprint density at radius 2 is 1.36 bits per heavy atom. The van der Waals surface area contributed by atoms with E-state index < -0.39 is 0 Å². The van der Waals surface area contributed by atoms with Crippen LogP contribution in [-0.4, -0.2) is 0 Å². The molecule has 0 heterocycles. The highest BCUT2D eigenvalue weighted by atomic mass is 35.5. The van der Waals surface area contributed by atoms with Crippen molar-refractivity contribution in [1.82, 2.24) is 0 Å². The summed E-state index contributed by atoms with van der Waals surface area (Å²) in [5.74, 6) is 3.64. The van der Waals surface area contributed by atoms with Crippen LogP contribution in [0, 0.1) is 17.8 Å². The fourth-order valence-electron chi connectivity index (χ4n) is 4.74. The maximum absolute atomic E-state index is 6.00. The highest BCUT2D eigenvalue weighted by molar-refractivity contribution is 6.30.